The standard InChI is InChI=1S/C18H20ClFO/c1-18(2,3)14-8-5-4-7-12(14)17(21)11-13-15(19)9-6-10-16(13)20/h4-10,17,21H,11H2,1-3H3. The van der Waals surface area contributed by atoms with Gasteiger partial charge in [0, 0.05) is 17.0 Å². The molecule has 0 amide bonds. The molecule has 2 aromatic rings. The fourth-order valence-corrected chi connectivity index (χ4v) is 2.74. The summed E-state index contributed by atoms with van der Waals surface area (Å²) in [7, 11) is 0. The van der Waals surface area contributed by atoms with Gasteiger partial charge in [0.25, 0.3) is 0 Å². The minimum absolute atomic E-state index is 0.0867. The molecule has 0 radical (unpaired) electrons. The van der Waals surface area contributed by atoms with Crippen LogP contribution in [-0.4, -0.2) is 5.11 Å². The summed E-state index contributed by atoms with van der Waals surface area (Å²) >= 11 is 6.04. The first-order valence-corrected chi connectivity index (χ1v) is 7.39. The van der Waals surface area contributed by atoms with Crippen LogP contribution >= 0.6 is 11.6 Å². The maximum Gasteiger partial charge on any atom is 0.127 e. The lowest BCUT2D eigenvalue weighted by Gasteiger charge is -2.25. The van der Waals surface area contributed by atoms with Crippen molar-refractivity contribution in [3.05, 3.63) is 70.0 Å². The molecule has 0 aliphatic carbocycles. The molecule has 21 heavy (non-hydrogen) atoms. The molecule has 112 valence electrons. The van der Waals surface area contributed by atoms with Gasteiger partial charge in [-0.05, 0) is 28.7 Å². The number of hydrogen-bond acceptors (Lipinski definition) is 1. The molecule has 3 heteroatoms. The van der Waals surface area contributed by atoms with Gasteiger partial charge in [0.15, 0.2) is 0 Å². The number of benzene rings is 2. The van der Waals surface area contributed by atoms with Gasteiger partial charge in [0.1, 0.15) is 5.82 Å². The van der Waals surface area contributed by atoms with Gasteiger partial charge < -0.3 is 5.11 Å². The number of rotatable bonds is 3. The van der Waals surface area contributed by atoms with E-state index in [1.807, 2.05) is 24.3 Å². The van der Waals surface area contributed by atoms with E-state index in [1.165, 1.54) is 6.07 Å². The first kappa shape index (κ1) is 16.0. The van der Waals surface area contributed by atoms with Crippen LogP contribution in [0.25, 0.3) is 0 Å². The predicted octanol–water partition coefficient (Wildman–Crippen LogP) is 5.05. The summed E-state index contributed by atoms with van der Waals surface area (Å²) in [6.07, 6.45) is -0.617. The molecule has 1 N–H and O–H groups in total. The molecule has 0 fully saturated rings. The van der Waals surface area contributed by atoms with E-state index in [0.717, 1.165) is 11.1 Å². The zero-order valence-corrected chi connectivity index (χ0v) is 13.3. The molecular weight excluding hydrogens is 287 g/mol. The third-order valence-electron chi connectivity index (χ3n) is 3.59. The Kier molecular flexibility index (Phi) is 4.70. The van der Waals surface area contributed by atoms with Crippen LogP contribution in [0.3, 0.4) is 0 Å². The van der Waals surface area contributed by atoms with E-state index in [4.69, 9.17) is 11.6 Å². The van der Waals surface area contributed by atoms with Crippen LogP contribution in [0, 0.1) is 5.82 Å². The highest BCUT2D eigenvalue weighted by Gasteiger charge is 2.22. The van der Waals surface area contributed by atoms with Gasteiger partial charge >= 0.3 is 0 Å². The molecule has 1 nitrogen and oxygen atoms in total. The minimum atomic E-state index is -0.783. The van der Waals surface area contributed by atoms with Gasteiger partial charge in [-0.1, -0.05) is 62.7 Å². The maximum atomic E-state index is 13.9. The molecule has 0 bridgehead atoms. The summed E-state index contributed by atoms with van der Waals surface area (Å²) in [6, 6.07) is 12.3. The van der Waals surface area contributed by atoms with Gasteiger partial charge in [-0.15, -0.1) is 0 Å². The van der Waals surface area contributed by atoms with Crippen molar-refractivity contribution in [1.29, 1.82) is 0 Å². The normalized spacial score (nSPS) is 13.2. The van der Waals surface area contributed by atoms with E-state index in [-0.39, 0.29) is 17.7 Å². The van der Waals surface area contributed by atoms with Gasteiger partial charge in [-0.3, -0.25) is 0 Å². The fraction of sp³-hybridized carbons (Fsp3) is 0.333. The summed E-state index contributed by atoms with van der Waals surface area (Å²) in [6.45, 7) is 6.28. The third-order valence-corrected chi connectivity index (χ3v) is 3.94. The second-order valence-corrected chi connectivity index (χ2v) is 6.66. The van der Waals surface area contributed by atoms with Crippen molar-refractivity contribution in [3.63, 3.8) is 0 Å². The highest BCUT2D eigenvalue weighted by molar-refractivity contribution is 6.31. The Morgan fingerprint density at radius 3 is 2.38 bits per heavy atom. The van der Waals surface area contributed by atoms with E-state index >= 15 is 0 Å². The van der Waals surface area contributed by atoms with Crippen LogP contribution in [0.2, 0.25) is 5.02 Å². The molecule has 2 rings (SSSR count). The van der Waals surface area contributed by atoms with Crippen molar-refractivity contribution in [2.75, 3.05) is 0 Å². The molecule has 1 unspecified atom stereocenters. The van der Waals surface area contributed by atoms with Gasteiger partial charge in [0.2, 0.25) is 0 Å². The van der Waals surface area contributed by atoms with Crippen LogP contribution in [0.5, 0.6) is 0 Å². The van der Waals surface area contributed by atoms with Gasteiger partial charge in [-0.2, -0.15) is 0 Å². The monoisotopic (exact) mass is 306 g/mol. The molecule has 2 aromatic carbocycles. The molecule has 0 aliphatic rings. The highest BCUT2D eigenvalue weighted by Crippen LogP contribution is 2.32. The lowest BCUT2D eigenvalue weighted by molar-refractivity contribution is 0.174. The summed E-state index contributed by atoms with van der Waals surface area (Å²) in [5.74, 6) is -0.380. The SMILES string of the molecule is CC(C)(C)c1ccccc1C(O)Cc1c(F)cccc1Cl. The van der Waals surface area contributed by atoms with Crippen LogP contribution in [-0.2, 0) is 11.8 Å². The van der Waals surface area contributed by atoms with Gasteiger partial charge in [0.05, 0.1) is 6.10 Å². The maximum absolute atomic E-state index is 13.9. The zero-order chi connectivity index (χ0) is 15.6. The molecule has 0 saturated carbocycles. The largest absolute Gasteiger partial charge is 0.388 e. The quantitative estimate of drug-likeness (QED) is 0.841. The highest BCUT2D eigenvalue weighted by atomic mass is 35.5. The van der Waals surface area contributed by atoms with Crippen LogP contribution in [0.1, 0.15) is 43.6 Å². The Balaban J connectivity index is 2.36. The lowest BCUT2D eigenvalue weighted by Crippen LogP contribution is -2.17. The van der Waals surface area contributed by atoms with Crippen LogP contribution < -0.4 is 0 Å². The Bertz CT molecular complexity index is 611. The molecular formula is C18H20ClFO. The van der Waals surface area contributed by atoms with E-state index in [9.17, 15) is 9.50 Å². The minimum Gasteiger partial charge on any atom is -0.388 e. The summed E-state index contributed by atoms with van der Waals surface area (Å²) < 4.78 is 13.9. The van der Waals surface area contributed by atoms with Crippen LogP contribution in [0.15, 0.2) is 42.5 Å². The average molecular weight is 307 g/mol. The second-order valence-electron chi connectivity index (χ2n) is 6.26. The Morgan fingerprint density at radius 1 is 1.10 bits per heavy atom. The van der Waals surface area contributed by atoms with Crippen molar-refractivity contribution < 1.29 is 9.50 Å². The smallest absolute Gasteiger partial charge is 0.127 e. The Morgan fingerprint density at radius 2 is 1.76 bits per heavy atom. The number of hydrogen-bond donors (Lipinski definition) is 1. The van der Waals surface area contributed by atoms with Crippen molar-refractivity contribution in [1.82, 2.24) is 0 Å². The van der Waals surface area contributed by atoms with E-state index in [0.29, 0.717) is 10.6 Å². The van der Waals surface area contributed by atoms with Gasteiger partial charge in [-0.25, -0.2) is 4.39 Å². The van der Waals surface area contributed by atoms with E-state index in [2.05, 4.69) is 20.8 Å². The lowest BCUT2D eigenvalue weighted by atomic mass is 9.81. The van der Waals surface area contributed by atoms with Crippen molar-refractivity contribution in [3.8, 4) is 0 Å². The molecule has 0 heterocycles. The number of halogens is 2. The summed E-state index contributed by atoms with van der Waals surface area (Å²) in [5.41, 5.74) is 2.15. The molecule has 1 atom stereocenters. The van der Waals surface area contributed by atoms with E-state index in [1.54, 1.807) is 12.1 Å². The second kappa shape index (κ2) is 6.17. The van der Waals surface area contributed by atoms with Crippen molar-refractivity contribution in [2.24, 2.45) is 0 Å². The number of aliphatic hydroxyl groups is 1. The first-order valence-electron chi connectivity index (χ1n) is 7.01. The zero-order valence-electron chi connectivity index (χ0n) is 12.5. The number of aliphatic hydroxyl groups excluding tert-OH is 1. The molecule has 0 aromatic heterocycles. The van der Waals surface area contributed by atoms with Crippen molar-refractivity contribution >= 4 is 11.6 Å². The Labute approximate surface area is 130 Å². The first-order chi connectivity index (χ1) is 9.80. The van der Waals surface area contributed by atoms with Crippen molar-refractivity contribution in [2.45, 2.75) is 38.7 Å². The molecule has 0 spiro atoms. The third kappa shape index (κ3) is 3.63. The van der Waals surface area contributed by atoms with E-state index < -0.39 is 6.10 Å². The topological polar surface area (TPSA) is 20.2 Å². The average Bonchev–Trinajstić information content (AvgIpc) is 2.42. The predicted molar refractivity (Wildman–Crippen MR) is 85.2 cm³/mol. The summed E-state index contributed by atoms with van der Waals surface area (Å²) in [4.78, 5) is 0. The molecule has 0 saturated heterocycles. The van der Waals surface area contributed by atoms with Crippen LogP contribution in [0.4, 0.5) is 4.39 Å². The fourth-order valence-electron chi connectivity index (χ4n) is 2.50. The summed E-state index contributed by atoms with van der Waals surface area (Å²) in [5, 5.41) is 10.9. The molecule has 0 aliphatic heterocycles. The Hall–Kier alpha value is -1.38.